The van der Waals surface area contributed by atoms with E-state index >= 15 is 0 Å². The summed E-state index contributed by atoms with van der Waals surface area (Å²) in [7, 11) is -3.68. The van der Waals surface area contributed by atoms with E-state index in [-0.39, 0.29) is 35.3 Å². The molecule has 0 radical (unpaired) electrons. The van der Waals surface area contributed by atoms with E-state index in [9.17, 15) is 8.42 Å². The van der Waals surface area contributed by atoms with E-state index < -0.39 is 10.1 Å². The summed E-state index contributed by atoms with van der Waals surface area (Å²) in [4.78, 5) is 0. The quantitative estimate of drug-likeness (QED) is 0.547. The van der Waals surface area contributed by atoms with Gasteiger partial charge in [-0.05, 0) is 17.0 Å². The van der Waals surface area contributed by atoms with Crippen LogP contribution < -0.4 is 4.18 Å². The summed E-state index contributed by atoms with van der Waals surface area (Å²) in [5.74, 6) is 0.223. The second-order valence-electron chi connectivity index (χ2n) is 4.75. The molecule has 0 spiro atoms. The minimum absolute atomic E-state index is 0. The SMILES string of the molecule is O=S(=O)(Cc1ccccc1)Oc1cccc2ccccc12.[NaH]. The van der Waals surface area contributed by atoms with E-state index in [4.69, 9.17) is 4.18 Å². The van der Waals surface area contributed by atoms with E-state index in [1.807, 2.05) is 48.5 Å². The van der Waals surface area contributed by atoms with Gasteiger partial charge in [0.1, 0.15) is 11.5 Å². The molecule has 3 nitrogen and oxygen atoms in total. The van der Waals surface area contributed by atoms with Crippen molar-refractivity contribution in [2.45, 2.75) is 5.75 Å². The first kappa shape index (κ1) is 17.0. The Morgan fingerprint density at radius 2 is 1.41 bits per heavy atom. The molecular formula is C17H15NaO3S. The van der Waals surface area contributed by atoms with Crippen molar-refractivity contribution in [1.29, 1.82) is 0 Å². The van der Waals surface area contributed by atoms with Crippen molar-refractivity contribution in [2.24, 2.45) is 0 Å². The molecule has 0 aliphatic carbocycles. The Bertz CT molecular complexity index is 856. The summed E-state index contributed by atoms with van der Waals surface area (Å²) in [5, 5.41) is 1.74. The third-order valence-corrected chi connectivity index (χ3v) is 4.27. The van der Waals surface area contributed by atoms with Crippen LogP contribution in [0.1, 0.15) is 5.56 Å². The van der Waals surface area contributed by atoms with Crippen molar-refractivity contribution >= 4 is 50.4 Å². The number of fused-ring (bicyclic) bond motifs is 1. The molecule has 0 amide bonds. The van der Waals surface area contributed by atoms with Gasteiger partial charge in [-0.15, -0.1) is 0 Å². The Balaban J connectivity index is 0.00000176. The molecule has 0 aliphatic heterocycles. The van der Waals surface area contributed by atoms with Crippen LogP contribution in [-0.4, -0.2) is 38.0 Å². The van der Waals surface area contributed by atoms with Crippen LogP contribution in [0.15, 0.2) is 72.8 Å². The Morgan fingerprint density at radius 3 is 2.18 bits per heavy atom. The zero-order valence-electron chi connectivity index (χ0n) is 11.3. The van der Waals surface area contributed by atoms with Crippen molar-refractivity contribution in [3.63, 3.8) is 0 Å². The molecule has 5 heteroatoms. The predicted molar refractivity (Wildman–Crippen MR) is 90.8 cm³/mol. The molecule has 0 fully saturated rings. The Hall–Kier alpha value is -1.33. The van der Waals surface area contributed by atoms with Gasteiger partial charge in [0.15, 0.2) is 0 Å². The van der Waals surface area contributed by atoms with Gasteiger partial charge in [0.2, 0.25) is 0 Å². The van der Waals surface area contributed by atoms with E-state index in [0.29, 0.717) is 11.3 Å². The number of rotatable bonds is 4. The Labute approximate surface area is 152 Å². The number of benzene rings is 3. The Kier molecular flexibility index (Phi) is 5.64. The summed E-state index contributed by atoms with van der Waals surface area (Å²) in [5.41, 5.74) is 0.706. The molecular weight excluding hydrogens is 307 g/mol. The van der Waals surface area contributed by atoms with Crippen molar-refractivity contribution in [2.75, 3.05) is 0 Å². The average molecular weight is 322 g/mol. The maximum atomic E-state index is 12.2. The van der Waals surface area contributed by atoms with Crippen molar-refractivity contribution in [3.8, 4) is 5.75 Å². The molecule has 0 heterocycles. The zero-order valence-corrected chi connectivity index (χ0v) is 12.1. The molecule has 0 saturated heterocycles. The molecule has 3 rings (SSSR count). The number of hydrogen-bond acceptors (Lipinski definition) is 3. The third-order valence-electron chi connectivity index (χ3n) is 3.15. The Morgan fingerprint density at radius 1 is 0.773 bits per heavy atom. The van der Waals surface area contributed by atoms with Crippen LogP contribution in [0.5, 0.6) is 5.75 Å². The zero-order chi connectivity index (χ0) is 14.7. The molecule has 3 aromatic rings. The van der Waals surface area contributed by atoms with Crippen molar-refractivity contribution in [3.05, 3.63) is 78.4 Å². The van der Waals surface area contributed by atoms with Crippen LogP contribution in [0, 0.1) is 0 Å². The van der Waals surface area contributed by atoms with Crippen LogP contribution >= 0.6 is 0 Å². The van der Waals surface area contributed by atoms with Crippen LogP contribution in [-0.2, 0) is 15.9 Å². The van der Waals surface area contributed by atoms with Gasteiger partial charge in [0.25, 0.3) is 0 Å². The van der Waals surface area contributed by atoms with Crippen LogP contribution in [0.25, 0.3) is 10.8 Å². The fraction of sp³-hybridized carbons (Fsp3) is 0.0588. The van der Waals surface area contributed by atoms with E-state index in [2.05, 4.69) is 0 Å². The van der Waals surface area contributed by atoms with E-state index in [0.717, 1.165) is 10.8 Å². The van der Waals surface area contributed by atoms with Gasteiger partial charge in [0.05, 0.1) is 0 Å². The standard InChI is InChI=1S/C17H14O3S.Na.H/c18-21(19,13-14-7-2-1-3-8-14)20-17-12-6-10-15-9-4-5-11-16(15)17;;/h1-12H,13H2;;. The van der Waals surface area contributed by atoms with Gasteiger partial charge in [-0.25, -0.2) is 0 Å². The van der Waals surface area contributed by atoms with E-state index in [1.54, 1.807) is 24.3 Å². The first-order valence-electron chi connectivity index (χ1n) is 6.58. The minimum atomic E-state index is -3.68. The molecule has 22 heavy (non-hydrogen) atoms. The summed E-state index contributed by atoms with van der Waals surface area (Å²) < 4.78 is 29.7. The molecule has 0 unspecified atom stereocenters. The topological polar surface area (TPSA) is 43.4 Å². The van der Waals surface area contributed by atoms with Gasteiger partial charge in [-0.2, -0.15) is 8.42 Å². The predicted octanol–water partition coefficient (Wildman–Crippen LogP) is 3.10. The van der Waals surface area contributed by atoms with Gasteiger partial charge >= 0.3 is 39.7 Å². The molecule has 0 aliphatic rings. The second-order valence-corrected chi connectivity index (χ2v) is 6.32. The normalized spacial score (nSPS) is 10.9. The average Bonchev–Trinajstić information content (AvgIpc) is 2.48. The van der Waals surface area contributed by atoms with Gasteiger partial charge < -0.3 is 4.18 Å². The van der Waals surface area contributed by atoms with Gasteiger partial charge in [-0.1, -0.05) is 66.7 Å². The summed E-state index contributed by atoms with van der Waals surface area (Å²) in [6.45, 7) is 0. The molecule has 0 N–H and O–H groups in total. The summed E-state index contributed by atoms with van der Waals surface area (Å²) >= 11 is 0. The molecule has 0 bridgehead atoms. The monoisotopic (exact) mass is 322 g/mol. The van der Waals surface area contributed by atoms with Crippen LogP contribution in [0.2, 0.25) is 0 Å². The first-order chi connectivity index (χ1) is 10.1. The van der Waals surface area contributed by atoms with Crippen molar-refractivity contribution < 1.29 is 12.6 Å². The number of hydrogen-bond donors (Lipinski definition) is 0. The first-order valence-corrected chi connectivity index (χ1v) is 8.16. The third kappa shape index (κ3) is 4.11. The molecule has 108 valence electrons. The van der Waals surface area contributed by atoms with Crippen molar-refractivity contribution in [1.82, 2.24) is 0 Å². The molecule has 3 aromatic carbocycles. The molecule has 0 saturated carbocycles. The van der Waals surface area contributed by atoms with Crippen LogP contribution in [0.4, 0.5) is 0 Å². The fourth-order valence-electron chi connectivity index (χ4n) is 2.21. The van der Waals surface area contributed by atoms with Crippen LogP contribution in [0.3, 0.4) is 0 Å². The summed E-state index contributed by atoms with van der Waals surface area (Å²) in [6.07, 6.45) is 0. The summed E-state index contributed by atoms with van der Waals surface area (Å²) in [6, 6.07) is 21.9. The van der Waals surface area contributed by atoms with Gasteiger partial charge in [-0.3, -0.25) is 0 Å². The maximum absolute atomic E-state index is 12.2. The second kappa shape index (κ2) is 7.29. The fourth-order valence-corrected chi connectivity index (χ4v) is 3.29. The van der Waals surface area contributed by atoms with E-state index in [1.165, 1.54) is 0 Å². The van der Waals surface area contributed by atoms with Gasteiger partial charge in [0, 0.05) is 5.39 Å². The molecule has 0 aromatic heterocycles. The molecule has 0 atom stereocenters.